The van der Waals surface area contributed by atoms with Crippen LogP contribution in [0.15, 0.2) is 23.8 Å². The number of hydrogen-bond donors (Lipinski definition) is 3. The Morgan fingerprint density at radius 1 is 1.33 bits per heavy atom. The lowest BCUT2D eigenvalue weighted by atomic mass is 9.45. The topological polar surface area (TPSA) is 94.8 Å². The van der Waals surface area contributed by atoms with Crippen LogP contribution in [-0.4, -0.2) is 45.2 Å². The first-order chi connectivity index (χ1) is 12.6. The maximum Gasteiger partial charge on any atom is 0.190 e. The van der Waals surface area contributed by atoms with E-state index in [1.165, 1.54) is 0 Å². The van der Waals surface area contributed by atoms with E-state index in [0.717, 1.165) is 18.4 Å². The summed E-state index contributed by atoms with van der Waals surface area (Å²) in [6, 6.07) is 0. The van der Waals surface area contributed by atoms with Gasteiger partial charge in [0.15, 0.2) is 11.6 Å². The van der Waals surface area contributed by atoms with Crippen LogP contribution in [0.2, 0.25) is 0 Å². The number of hydrogen-bond acceptors (Lipinski definition) is 5. The van der Waals surface area contributed by atoms with Crippen LogP contribution < -0.4 is 0 Å². The van der Waals surface area contributed by atoms with Gasteiger partial charge in [0.2, 0.25) is 0 Å². The quantitative estimate of drug-likeness (QED) is 0.685. The molecular weight excluding hydrogens is 344 g/mol. The highest BCUT2D eigenvalue weighted by atomic mass is 16.3. The van der Waals surface area contributed by atoms with Gasteiger partial charge < -0.3 is 15.3 Å². The monoisotopic (exact) mass is 374 g/mol. The standard InChI is InChI=1S/C22H30O5/c1-12-8-14-15-5-7-22(27,18(26)11-23)21(15,3)10-17(25)19(14)20(2)6-4-13(24)9-16(12)20/h4,6,9,12,14-15,17,19,23,25,27H,5,7-8,10-11H2,1-3H3/t12-,14?,15?,17?,19?,20?,21?,22?/m0/s1. The first kappa shape index (κ1) is 19.0. The van der Waals surface area contributed by atoms with Crippen LogP contribution in [0, 0.1) is 34.5 Å². The summed E-state index contributed by atoms with van der Waals surface area (Å²) in [4.78, 5) is 24.4. The van der Waals surface area contributed by atoms with Crippen molar-refractivity contribution >= 4 is 11.6 Å². The number of carbonyl (C=O) groups is 2. The fourth-order valence-electron chi connectivity index (χ4n) is 7.34. The van der Waals surface area contributed by atoms with Gasteiger partial charge in [-0.05, 0) is 55.6 Å². The SMILES string of the molecule is C[C@H]1CC2C(C(O)CC3(C)C2CCC3(O)C(=O)CO)C2(C)C=CC(=O)C=C12. The number of Topliss-reactive ketones (excluding diaryl/α,β-unsaturated/α-hetero) is 1. The van der Waals surface area contributed by atoms with Crippen LogP contribution in [0.25, 0.3) is 0 Å². The van der Waals surface area contributed by atoms with Crippen LogP contribution in [0.1, 0.15) is 46.5 Å². The molecule has 0 spiro atoms. The summed E-state index contributed by atoms with van der Waals surface area (Å²) in [6.07, 6.45) is 6.87. The van der Waals surface area contributed by atoms with Crippen molar-refractivity contribution in [2.75, 3.05) is 6.61 Å². The lowest BCUT2D eigenvalue weighted by molar-refractivity contribution is -0.180. The van der Waals surface area contributed by atoms with Gasteiger partial charge in [0.05, 0.1) is 6.10 Å². The highest BCUT2D eigenvalue weighted by Gasteiger charge is 2.68. The summed E-state index contributed by atoms with van der Waals surface area (Å²) >= 11 is 0. The lowest BCUT2D eigenvalue weighted by Crippen LogP contribution is -2.62. The van der Waals surface area contributed by atoms with Crippen LogP contribution in [0.4, 0.5) is 0 Å². The van der Waals surface area contributed by atoms with E-state index in [1.807, 2.05) is 13.0 Å². The van der Waals surface area contributed by atoms with Gasteiger partial charge in [0, 0.05) is 16.7 Å². The fraction of sp³-hybridized carbons (Fsp3) is 0.727. The van der Waals surface area contributed by atoms with Crippen molar-refractivity contribution in [1.29, 1.82) is 0 Å². The Bertz CT molecular complexity index is 754. The third-order valence-corrected chi connectivity index (χ3v) is 8.57. The van der Waals surface area contributed by atoms with Crippen molar-refractivity contribution in [2.24, 2.45) is 34.5 Å². The first-order valence-corrected chi connectivity index (χ1v) is 10.1. The van der Waals surface area contributed by atoms with E-state index in [4.69, 9.17) is 0 Å². The van der Waals surface area contributed by atoms with Crippen LogP contribution in [-0.2, 0) is 9.59 Å². The molecule has 0 aromatic heterocycles. The highest BCUT2D eigenvalue weighted by molar-refractivity contribution is 6.01. The van der Waals surface area contributed by atoms with E-state index in [1.54, 1.807) is 12.2 Å². The van der Waals surface area contributed by atoms with Gasteiger partial charge in [-0.3, -0.25) is 9.59 Å². The molecule has 0 saturated heterocycles. The van der Waals surface area contributed by atoms with E-state index < -0.39 is 29.5 Å². The van der Waals surface area contributed by atoms with Gasteiger partial charge in [-0.1, -0.05) is 32.4 Å². The van der Waals surface area contributed by atoms with Crippen molar-refractivity contribution < 1.29 is 24.9 Å². The summed E-state index contributed by atoms with van der Waals surface area (Å²) in [5.41, 5.74) is -1.59. The van der Waals surface area contributed by atoms with Crippen molar-refractivity contribution in [3.63, 3.8) is 0 Å². The molecule has 0 amide bonds. The zero-order valence-electron chi connectivity index (χ0n) is 16.3. The summed E-state index contributed by atoms with van der Waals surface area (Å²) in [5, 5.41) is 31.9. The van der Waals surface area contributed by atoms with Crippen molar-refractivity contribution in [2.45, 2.75) is 58.2 Å². The molecule has 0 heterocycles. The molecule has 0 radical (unpaired) electrons. The van der Waals surface area contributed by atoms with E-state index in [0.29, 0.717) is 12.8 Å². The minimum atomic E-state index is -1.57. The van der Waals surface area contributed by atoms with Gasteiger partial charge >= 0.3 is 0 Å². The third-order valence-electron chi connectivity index (χ3n) is 8.57. The summed E-state index contributed by atoms with van der Waals surface area (Å²) in [5.74, 6) is -0.0768. The zero-order chi connectivity index (χ0) is 19.8. The number of allylic oxidation sites excluding steroid dienone is 4. The van der Waals surface area contributed by atoms with Gasteiger partial charge in [0.1, 0.15) is 12.2 Å². The minimum Gasteiger partial charge on any atom is -0.393 e. The Morgan fingerprint density at radius 3 is 2.70 bits per heavy atom. The number of aliphatic hydroxyl groups is 3. The predicted octanol–water partition coefficient (Wildman–Crippen LogP) is 1.80. The van der Waals surface area contributed by atoms with Gasteiger partial charge in [-0.15, -0.1) is 0 Å². The van der Waals surface area contributed by atoms with Crippen LogP contribution in [0.5, 0.6) is 0 Å². The second kappa shape index (κ2) is 5.85. The van der Waals surface area contributed by atoms with E-state index >= 15 is 0 Å². The second-order valence-electron chi connectivity index (χ2n) is 9.72. The number of ketones is 2. The zero-order valence-corrected chi connectivity index (χ0v) is 16.3. The molecule has 0 bridgehead atoms. The van der Waals surface area contributed by atoms with E-state index in [-0.39, 0.29) is 34.9 Å². The molecule has 7 unspecified atom stereocenters. The summed E-state index contributed by atoms with van der Waals surface area (Å²) < 4.78 is 0. The molecule has 148 valence electrons. The lowest BCUT2D eigenvalue weighted by Gasteiger charge is -2.60. The van der Waals surface area contributed by atoms with Gasteiger partial charge in [-0.25, -0.2) is 0 Å². The van der Waals surface area contributed by atoms with Crippen molar-refractivity contribution in [3.05, 3.63) is 23.8 Å². The number of aliphatic hydroxyl groups excluding tert-OH is 2. The third kappa shape index (κ3) is 2.28. The molecule has 5 nitrogen and oxygen atoms in total. The maximum atomic E-state index is 12.4. The van der Waals surface area contributed by atoms with E-state index in [9.17, 15) is 24.9 Å². The van der Waals surface area contributed by atoms with Gasteiger partial charge in [0.25, 0.3) is 0 Å². The molecule has 5 heteroatoms. The average molecular weight is 374 g/mol. The Balaban J connectivity index is 1.78. The number of carbonyl (C=O) groups excluding carboxylic acids is 2. The maximum absolute atomic E-state index is 12.4. The summed E-state index contributed by atoms with van der Waals surface area (Å²) in [6.45, 7) is 5.48. The Labute approximate surface area is 160 Å². The highest BCUT2D eigenvalue weighted by Crippen LogP contribution is 2.67. The largest absolute Gasteiger partial charge is 0.393 e. The number of rotatable bonds is 2. The first-order valence-electron chi connectivity index (χ1n) is 10.1. The molecule has 0 aromatic carbocycles. The molecule has 3 fully saturated rings. The van der Waals surface area contributed by atoms with Crippen molar-refractivity contribution in [1.82, 2.24) is 0 Å². The Kier molecular flexibility index (Phi) is 4.12. The Morgan fingerprint density at radius 2 is 2.04 bits per heavy atom. The second-order valence-corrected chi connectivity index (χ2v) is 9.72. The fourth-order valence-corrected chi connectivity index (χ4v) is 7.34. The minimum absolute atomic E-state index is 0.00620. The van der Waals surface area contributed by atoms with Crippen molar-refractivity contribution in [3.8, 4) is 0 Å². The smallest absolute Gasteiger partial charge is 0.190 e. The molecule has 3 N–H and O–H groups in total. The molecule has 0 aromatic rings. The Hall–Kier alpha value is -1.30. The normalized spacial score (nSPS) is 51.3. The molecule has 3 saturated carbocycles. The van der Waals surface area contributed by atoms with Crippen LogP contribution in [0.3, 0.4) is 0 Å². The molecule has 4 aliphatic carbocycles. The van der Waals surface area contributed by atoms with Gasteiger partial charge in [-0.2, -0.15) is 0 Å². The molecule has 0 aliphatic heterocycles. The molecular formula is C22H30O5. The van der Waals surface area contributed by atoms with E-state index in [2.05, 4.69) is 13.8 Å². The number of fused-ring (bicyclic) bond motifs is 5. The molecule has 8 atom stereocenters. The molecule has 4 aliphatic rings. The van der Waals surface area contributed by atoms with Crippen LogP contribution >= 0.6 is 0 Å². The predicted molar refractivity (Wildman–Crippen MR) is 99.6 cm³/mol. The molecule has 4 rings (SSSR count). The summed E-state index contributed by atoms with van der Waals surface area (Å²) in [7, 11) is 0. The average Bonchev–Trinajstić information content (AvgIpc) is 2.87. The molecule has 27 heavy (non-hydrogen) atoms.